The summed E-state index contributed by atoms with van der Waals surface area (Å²) in [6, 6.07) is 5.82. The van der Waals surface area contributed by atoms with Crippen molar-refractivity contribution in [1.29, 1.82) is 0 Å². The summed E-state index contributed by atoms with van der Waals surface area (Å²) < 4.78 is 1.02. The van der Waals surface area contributed by atoms with E-state index in [-0.39, 0.29) is 24.2 Å². The van der Waals surface area contributed by atoms with E-state index in [0.717, 1.165) is 28.7 Å². The number of amides is 2. The number of hydrogen-bond donors (Lipinski definition) is 1. The van der Waals surface area contributed by atoms with Gasteiger partial charge in [0.15, 0.2) is 0 Å². The number of carbonyl (C=O) groups is 2. The number of nitrogens with one attached hydrogen (secondary N) is 1. The molecule has 1 N–H and O–H groups in total. The van der Waals surface area contributed by atoms with Crippen molar-refractivity contribution in [2.45, 2.75) is 19.8 Å². The van der Waals surface area contributed by atoms with Gasteiger partial charge in [0.05, 0.1) is 5.92 Å². The Morgan fingerprint density at radius 2 is 2.17 bits per heavy atom. The molecule has 5 nitrogen and oxygen atoms in total. The minimum absolute atomic E-state index is 0.0140. The second-order valence-electron chi connectivity index (χ2n) is 6.29. The Labute approximate surface area is 146 Å². The van der Waals surface area contributed by atoms with E-state index >= 15 is 0 Å². The summed E-state index contributed by atoms with van der Waals surface area (Å²) in [6.45, 7) is 4.04. The maximum atomic E-state index is 12.2. The third-order valence-corrected chi connectivity index (χ3v) is 4.92. The molecule has 1 saturated heterocycles. The largest absolute Gasteiger partial charge is 0.356 e. The Morgan fingerprint density at radius 3 is 2.83 bits per heavy atom. The molecule has 1 aliphatic heterocycles. The van der Waals surface area contributed by atoms with Crippen molar-refractivity contribution in [3.63, 3.8) is 0 Å². The zero-order valence-electron chi connectivity index (χ0n) is 13.9. The first-order valence-electron chi connectivity index (χ1n) is 7.87. The van der Waals surface area contributed by atoms with Crippen molar-refractivity contribution >= 4 is 33.4 Å². The number of halogens is 1. The normalized spacial score (nSPS) is 17.9. The molecular formula is C17H24BrN3O2. The summed E-state index contributed by atoms with van der Waals surface area (Å²) in [4.78, 5) is 28.3. The third kappa shape index (κ3) is 4.78. The lowest BCUT2D eigenvalue weighted by atomic mass is 10.1. The van der Waals surface area contributed by atoms with Crippen LogP contribution in [0.25, 0.3) is 0 Å². The smallest absolute Gasteiger partial charge is 0.227 e. The maximum Gasteiger partial charge on any atom is 0.227 e. The van der Waals surface area contributed by atoms with Crippen LogP contribution in [-0.2, 0) is 9.59 Å². The van der Waals surface area contributed by atoms with Gasteiger partial charge in [-0.05, 0) is 57.7 Å². The van der Waals surface area contributed by atoms with Gasteiger partial charge in [-0.2, -0.15) is 0 Å². The second-order valence-corrected chi connectivity index (χ2v) is 7.14. The van der Waals surface area contributed by atoms with Crippen LogP contribution in [0.5, 0.6) is 0 Å². The Morgan fingerprint density at radius 1 is 1.43 bits per heavy atom. The molecule has 0 spiro atoms. The molecule has 0 radical (unpaired) electrons. The van der Waals surface area contributed by atoms with E-state index < -0.39 is 0 Å². The van der Waals surface area contributed by atoms with Crippen LogP contribution in [0.4, 0.5) is 5.69 Å². The first kappa shape index (κ1) is 17.9. The van der Waals surface area contributed by atoms with E-state index in [1.165, 1.54) is 0 Å². The predicted octanol–water partition coefficient (Wildman–Crippen LogP) is 2.18. The van der Waals surface area contributed by atoms with Gasteiger partial charge in [0, 0.05) is 29.7 Å². The van der Waals surface area contributed by atoms with Gasteiger partial charge in [-0.1, -0.05) is 15.9 Å². The number of aryl methyl sites for hydroxylation is 1. The molecule has 1 fully saturated rings. The summed E-state index contributed by atoms with van der Waals surface area (Å²) in [5, 5.41) is 2.94. The topological polar surface area (TPSA) is 52.7 Å². The molecule has 2 amide bonds. The van der Waals surface area contributed by atoms with E-state index in [2.05, 4.69) is 26.1 Å². The van der Waals surface area contributed by atoms with Crippen molar-refractivity contribution < 1.29 is 9.59 Å². The van der Waals surface area contributed by atoms with Gasteiger partial charge in [-0.25, -0.2) is 0 Å². The van der Waals surface area contributed by atoms with Crippen LogP contribution in [-0.4, -0.2) is 50.4 Å². The predicted molar refractivity (Wildman–Crippen MR) is 95.5 cm³/mol. The molecule has 1 atom stereocenters. The summed E-state index contributed by atoms with van der Waals surface area (Å²) in [5.41, 5.74) is 1.94. The fourth-order valence-electron chi connectivity index (χ4n) is 2.68. The molecule has 0 saturated carbocycles. The molecule has 6 heteroatoms. The van der Waals surface area contributed by atoms with E-state index in [0.29, 0.717) is 13.1 Å². The van der Waals surface area contributed by atoms with Crippen molar-refractivity contribution in [2.24, 2.45) is 5.92 Å². The van der Waals surface area contributed by atoms with E-state index in [1.807, 2.05) is 39.2 Å². The minimum atomic E-state index is -0.259. The zero-order valence-corrected chi connectivity index (χ0v) is 15.5. The summed E-state index contributed by atoms with van der Waals surface area (Å²) in [7, 11) is 4.02. The average molecular weight is 382 g/mol. The molecule has 23 heavy (non-hydrogen) atoms. The number of anilines is 1. The van der Waals surface area contributed by atoms with Gasteiger partial charge < -0.3 is 15.1 Å². The highest BCUT2D eigenvalue weighted by Gasteiger charge is 2.35. The van der Waals surface area contributed by atoms with Gasteiger partial charge in [0.25, 0.3) is 0 Å². The molecule has 1 aromatic carbocycles. The number of rotatable bonds is 6. The van der Waals surface area contributed by atoms with Crippen molar-refractivity contribution in [3.05, 3.63) is 28.2 Å². The molecular weight excluding hydrogens is 358 g/mol. The first-order chi connectivity index (χ1) is 10.9. The van der Waals surface area contributed by atoms with Crippen molar-refractivity contribution in [1.82, 2.24) is 10.2 Å². The van der Waals surface area contributed by atoms with Crippen LogP contribution < -0.4 is 10.2 Å². The molecule has 126 valence electrons. The molecule has 0 aromatic heterocycles. The fraction of sp³-hybridized carbons (Fsp3) is 0.529. The third-order valence-electron chi connectivity index (χ3n) is 4.03. The van der Waals surface area contributed by atoms with Crippen LogP contribution in [0.1, 0.15) is 18.4 Å². The van der Waals surface area contributed by atoms with Gasteiger partial charge in [-0.3, -0.25) is 9.59 Å². The number of carbonyl (C=O) groups excluding carboxylic acids is 2. The lowest BCUT2D eigenvalue weighted by molar-refractivity contribution is -0.126. The van der Waals surface area contributed by atoms with Crippen LogP contribution in [0, 0.1) is 12.8 Å². The standard InChI is InChI=1S/C17H24BrN3O2/c1-12-9-14(5-6-15(12)18)21-11-13(10-16(21)22)17(23)19-7-4-8-20(2)3/h5-6,9,13H,4,7-8,10-11H2,1-3H3,(H,19,23). The molecule has 1 heterocycles. The van der Waals surface area contributed by atoms with Crippen LogP contribution in [0.3, 0.4) is 0 Å². The molecule has 1 aromatic rings. The number of nitrogens with zero attached hydrogens (tertiary/aromatic N) is 2. The quantitative estimate of drug-likeness (QED) is 0.768. The Bertz CT molecular complexity index is 589. The Kier molecular flexibility index (Phi) is 6.18. The fourth-order valence-corrected chi connectivity index (χ4v) is 2.93. The van der Waals surface area contributed by atoms with Crippen molar-refractivity contribution in [3.8, 4) is 0 Å². The molecule has 0 bridgehead atoms. The first-order valence-corrected chi connectivity index (χ1v) is 8.66. The van der Waals surface area contributed by atoms with Crippen LogP contribution >= 0.6 is 15.9 Å². The monoisotopic (exact) mass is 381 g/mol. The van der Waals surface area contributed by atoms with E-state index in [1.54, 1.807) is 4.90 Å². The van der Waals surface area contributed by atoms with E-state index in [4.69, 9.17) is 0 Å². The Hall–Kier alpha value is -1.40. The van der Waals surface area contributed by atoms with Crippen LogP contribution in [0.15, 0.2) is 22.7 Å². The lowest BCUT2D eigenvalue weighted by Gasteiger charge is -2.18. The molecule has 1 aliphatic rings. The van der Waals surface area contributed by atoms with Gasteiger partial charge in [-0.15, -0.1) is 0 Å². The van der Waals surface area contributed by atoms with E-state index in [9.17, 15) is 9.59 Å². The highest BCUT2D eigenvalue weighted by Crippen LogP contribution is 2.28. The van der Waals surface area contributed by atoms with Crippen LogP contribution in [0.2, 0.25) is 0 Å². The second kappa shape index (κ2) is 7.93. The SMILES string of the molecule is Cc1cc(N2CC(C(=O)NCCCN(C)C)CC2=O)ccc1Br. The molecule has 0 aliphatic carbocycles. The summed E-state index contributed by atoms with van der Waals surface area (Å²) >= 11 is 3.46. The van der Waals surface area contributed by atoms with Gasteiger partial charge in [0.2, 0.25) is 11.8 Å². The zero-order chi connectivity index (χ0) is 17.0. The van der Waals surface area contributed by atoms with Crippen molar-refractivity contribution in [2.75, 3.05) is 38.6 Å². The summed E-state index contributed by atoms with van der Waals surface area (Å²) in [6.07, 6.45) is 1.20. The van der Waals surface area contributed by atoms with Gasteiger partial charge in [0.1, 0.15) is 0 Å². The summed E-state index contributed by atoms with van der Waals surface area (Å²) in [5.74, 6) is -0.264. The Balaban J connectivity index is 1.91. The number of benzene rings is 1. The number of hydrogen-bond acceptors (Lipinski definition) is 3. The molecule has 1 unspecified atom stereocenters. The minimum Gasteiger partial charge on any atom is -0.356 e. The highest BCUT2D eigenvalue weighted by atomic mass is 79.9. The average Bonchev–Trinajstić information content (AvgIpc) is 2.88. The maximum absolute atomic E-state index is 12.2. The molecule has 2 rings (SSSR count). The lowest BCUT2D eigenvalue weighted by Crippen LogP contribution is -2.34. The van der Waals surface area contributed by atoms with Gasteiger partial charge >= 0.3 is 0 Å². The highest BCUT2D eigenvalue weighted by molar-refractivity contribution is 9.10.